The minimum Gasteiger partial charge on any atom is -0.486 e. The molecule has 1 unspecified atom stereocenters. The molecule has 0 amide bonds. The minimum absolute atomic E-state index is 0.135. The second-order valence-electron chi connectivity index (χ2n) is 5.95. The highest BCUT2D eigenvalue weighted by Gasteiger charge is 2.21. The highest BCUT2D eigenvalue weighted by Crippen LogP contribution is 2.30. The molecule has 0 bridgehead atoms. The molecule has 0 aromatic heterocycles. The third-order valence-corrected chi connectivity index (χ3v) is 4.31. The van der Waals surface area contributed by atoms with Gasteiger partial charge in [0.15, 0.2) is 11.5 Å². The number of hydrogen-bond acceptors (Lipinski definition) is 3. The monoisotopic (exact) mass is 275 g/mol. The van der Waals surface area contributed by atoms with Gasteiger partial charge in [-0.1, -0.05) is 44.2 Å². The second-order valence-corrected chi connectivity index (χ2v) is 5.95. The maximum atomic E-state index is 5.99. The quantitative estimate of drug-likeness (QED) is 0.915. The van der Waals surface area contributed by atoms with E-state index in [0.717, 1.165) is 18.0 Å². The molecule has 110 valence electrons. The van der Waals surface area contributed by atoms with E-state index in [0.29, 0.717) is 12.6 Å². The molecule has 1 atom stereocenters. The molecule has 0 spiro atoms. The summed E-state index contributed by atoms with van der Waals surface area (Å²) in [6, 6.07) is 8.59. The molecule has 0 radical (unpaired) electrons. The number of hydrogen-bond donors (Lipinski definition) is 1. The first-order valence-corrected chi connectivity index (χ1v) is 8.04. The van der Waals surface area contributed by atoms with Crippen molar-refractivity contribution in [3.8, 4) is 11.5 Å². The largest absolute Gasteiger partial charge is 0.486 e. The van der Waals surface area contributed by atoms with Gasteiger partial charge in [-0.3, -0.25) is 0 Å². The Morgan fingerprint density at radius 1 is 0.950 bits per heavy atom. The fraction of sp³-hybridized carbons (Fsp3) is 0.647. The normalized spacial score (nSPS) is 23.9. The average molecular weight is 275 g/mol. The van der Waals surface area contributed by atoms with E-state index in [-0.39, 0.29) is 6.10 Å². The van der Waals surface area contributed by atoms with Crippen molar-refractivity contribution in [2.24, 2.45) is 0 Å². The topological polar surface area (TPSA) is 30.5 Å². The molecule has 3 rings (SSSR count). The first kappa shape index (κ1) is 13.7. The van der Waals surface area contributed by atoms with Crippen molar-refractivity contribution in [1.29, 1.82) is 0 Å². The predicted octanol–water partition coefficient (Wildman–Crippen LogP) is 3.53. The fourth-order valence-electron chi connectivity index (χ4n) is 3.12. The van der Waals surface area contributed by atoms with Crippen LogP contribution in [-0.2, 0) is 0 Å². The highest BCUT2D eigenvalue weighted by atomic mass is 16.6. The lowest BCUT2D eigenvalue weighted by atomic mass is 9.96. The Bertz CT molecular complexity index is 413. The molecule has 3 nitrogen and oxygen atoms in total. The van der Waals surface area contributed by atoms with E-state index in [1.807, 2.05) is 24.3 Å². The van der Waals surface area contributed by atoms with Crippen LogP contribution in [0.15, 0.2) is 24.3 Å². The van der Waals surface area contributed by atoms with Crippen LogP contribution in [0.25, 0.3) is 0 Å². The van der Waals surface area contributed by atoms with E-state index in [4.69, 9.17) is 9.47 Å². The lowest BCUT2D eigenvalue weighted by Crippen LogP contribution is -2.42. The molecule has 1 aliphatic carbocycles. The van der Waals surface area contributed by atoms with Crippen LogP contribution in [0, 0.1) is 0 Å². The standard InChI is InChI=1S/C17H25NO2/c1-2-4-8-14(9-5-3-1)18-12-15-13-19-16-10-6-7-11-17(16)20-15/h6-7,10-11,14-15,18H,1-5,8-9,12-13H2. The molecule has 1 aromatic rings. The molecule has 2 aliphatic rings. The molecule has 1 heterocycles. The Hall–Kier alpha value is -1.22. The summed E-state index contributed by atoms with van der Waals surface area (Å²) in [5.74, 6) is 1.75. The zero-order chi connectivity index (χ0) is 13.6. The Kier molecular flexibility index (Phi) is 4.80. The van der Waals surface area contributed by atoms with Gasteiger partial charge in [0, 0.05) is 12.6 Å². The van der Waals surface area contributed by atoms with Gasteiger partial charge in [-0.05, 0) is 25.0 Å². The number of ether oxygens (including phenoxy) is 2. The van der Waals surface area contributed by atoms with Crippen LogP contribution in [0.5, 0.6) is 11.5 Å². The molecular weight excluding hydrogens is 250 g/mol. The first-order valence-electron chi connectivity index (χ1n) is 8.04. The zero-order valence-corrected chi connectivity index (χ0v) is 12.1. The molecule has 20 heavy (non-hydrogen) atoms. The van der Waals surface area contributed by atoms with Crippen LogP contribution >= 0.6 is 0 Å². The van der Waals surface area contributed by atoms with E-state index in [1.165, 1.54) is 44.9 Å². The Morgan fingerprint density at radius 3 is 2.45 bits per heavy atom. The lowest BCUT2D eigenvalue weighted by molar-refractivity contribution is 0.0872. The minimum atomic E-state index is 0.135. The van der Waals surface area contributed by atoms with Crippen molar-refractivity contribution < 1.29 is 9.47 Å². The van der Waals surface area contributed by atoms with Gasteiger partial charge in [-0.25, -0.2) is 0 Å². The molecular formula is C17H25NO2. The van der Waals surface area contributed by atoms with E-state index in [2.05, 4.69) is 5.32 Å². The van der Waals surface area contributed by atoms with Gasteiger partial charge in [0.25, 0.3) is 0 Å². The van der Waals surface area contributed by atoms with Gasteiger partial charge in [0.05, 0.1) is 0 Å². The summed E-state index contributed by atoms with van der Waals surface area (Å²) >= 11 is 0. The molecule has 1 N–H and O–H groups in total. The SMILES string of the molecule is c1ccc2c(c1)OCC(CNC1CCCCCCC1)O2. The van der Waals surface area contributed by atoms with Gasteiger partial charge in [-0.15, -0.1) is 0 Å². The fourth-order valence-corrected chi connectivity index (χ4v) is 3.12. The lowest BCUT2D eigenvalue weighted by Gasteiger charge is -2.29. The van der Waals surface area contributed by atoms with Gasteiger partial charge in [-0.2, -0.15) is 0 Å². The molecule has 0 saturated heterocycles. The summed E-state index contributed by atoms with van der Waals surface area (Å²) in [5, 5.41) is 3.68. The third kappa shape index (κ3) is 3.66. The summed E-state index contributed by atoms with van der Waals surface area (Å²) in [4.78, 5) is 0. The third-order valence-electron chi connectivity index (χ3n) is 4.31. The van der Waals surface area contributed by atoms with Crippen molar-refractivity contribution in [2.45, 2.75) is 57.1 Å². The number of rotatable bonds is 3. The molecule has 1 saturated carbocycles. The number of para-hydroxylation sites is 2. The average Bonchev–Trinajstić information content (AvgIpc) is 2.46. The molecule has 3 heteroatoms. The highest BCUT2D eigenvalue weighted by molar-refractivity contribution is 5.40. The predicted molar refractivity (Wildman–Crippen MR) is 80.5 cm³/mol. The van der Waals surface area contributed by atoms with Gasteiger partial charge < -0.3 is 14.8 Å². The summed E-state index contributed by atoms with van der Waals surface area (Å²) in [7, 11) is 0. The number of fused-ring (bicyclic) bond motifs is 1. The van der Waals surface area contributed by atoms with Crippen molar-refractivity contribution in [1.82, 2.24) is 5.32 Å². The van der Waals surface area contributed by atoms with Crippen LogP contribution in [0.2, 0.25) is 0 Å². The van der Waals surface area contributed by atoms with Crippen LogP contribution in [0.4, 0.5) is 0 Å². The smallest absolute Gasteiger partial charge is 0.161 e. The first-order chi connectivity index (χ1) is 9.92. The van der Waals surface area contributed by atoms with E-state index in [9.17, 15) is 0 Å². The Balaban J connectivity index is 1.47. The van der Waals surface area contributed by atoms with Crippen molar-refractivity contribution in [2.75, 3.05) is 13.2 Å². The van der Waals surface area contributed by atoms with Crippen LogP contribution in [0.3, 0.4) is 0 Å². The molecule has 1 fully saturated rings. The summed E-state index contributed by atoms with van der Waals surface area (Å²) in [6.45, 7) is 1.54. The Morgan fingerprint density at radius 2 is 1.65 bits per heavy atom. The number of benzene rings is 1. The summed E-state index contributed by atoms with van der Waals surface area (Å²) in [6.07, 6.45) is 9.70. The van der Waals surface area contributed by atoms with Gasteiger partial charge in [0.1, 0.15) is 12.7 Å². The van der Waals surface area contributed by atoms with E-state index in [1.54, 1.807) is 0 Å². The van der Waals surface area contributed by atoms with Crippen LogP contribution in [-0.4, -0.2) is 25.3 Å². The van der Waals surface area contributed by atoms with Gasteiger partial charge in [0.2, 0.25) is 0 Å². The van der Waals surface area contributed by atoms with E-state index < -0.39 is 0 Å². The van der Waals surface area contributed by atoms with E-state index >= 15 is 0 Å². The maximum Gasteiger partial charge on any atom is 0.161 e. The van der Waals surface area contributed by atoms with Crippen molar-refractivity contribution in [3.05, 3.63) is 24.3 Å². The van der Waals surface area contributed by atoms with Gasteiger partial charge >= 0.3 is 0 Å². The zero-order valence-electron chi connectivity index (χ0n) is 12.1. The number of nitrogens with one attached hydrogen (secondary N) is 1. The van der Waals surface area contributed by atoms with Crippen LogP contribution in [0.1, 0.15) is 44.9 Å². The van der Waals surface area contributed by atoms with Crippen LogP contribution < -0.4 is 14.8 Å². The van der Waals surface area contributed by atoms with Crippen molar-refractivity contribution >= 4 is 0 Å². The second kappa shape index (κ2) is 6.98. The maximum absolute atomic E-state index is 5.99. The Labute approximate surface area is 121 Å². The van der Waals surface area contributed by atoms with Crippen molar-refractivity contribution in [3.63, 3.8) is 0 Å². The molecule has 1 aliphatic heterocycles. The summed E-state index contributed by atoms with van der Waals surface area (Å²) < 4.78 is 11.7. The summed E-state index contributed by atoms with van der Waals surface area (Å²) in [5.41, 5.74) is 0. The molecule has 1 aromatic carbocycles.